The Balaban J connectivity index is 0.00000243. The topological polar surface area (TPSA) is 24.5 Å². The van der Waals surface area contributed by atoms with E-state index in [1.807, 2.05) is 36.4 Å². The molecule has 3 rings (SSSR count). The van der Waals surface area contributed by atoms with Crippen molar-refractivity contribution in [2.75, 3.05) is 25.0 Å². The molecule has 1 aliphatic rings. The molecule has 2 aromatic rings. The molecule has 0 bridgehead atoms. The second-order valence-corrected chi connectivity index (χ2v) is 6.86. The fraction of sp³-hybridized carbons (Fsp3) is 0.381. The van der Waals surface area contributed by atoms with Gasteiger partial charge in [0.15, 0.2) is 0 Å². The van der Waals surface area contributed by atoms with Gasteiger partial charge in [-0.25, -0.2) is 0 Å². The zero-order chi connectivity index (χ0) is 17.3. The zero-order valence-electron chi connectivity index (χ0n) is 15.0. The third-order valence-corrected chi connectivity index (χ3v) is 4.80. The Morgan fingerprint density at radius 3 is 2.23 bits per heavy atom. The Morgan fingerprint density at radius 1 is 0.962 bits per heavy atom. The van der Waals surface area contributed by atoms with E-state index in [-0.39, 0.29) is 18.5 Å². The summed E-state index contributed by atoms with van der Waals surface area (Å²) in [5.41, 5.74) is 2.13. The number of hydrogen-bond acceptors (Lipinski definition) is 3. The second kappa shape index (κ2) is 11.2. The van der Waals surface area contributed by atoms with E-state index in [2.05, 4.69) is 34.5 Å². The van der Waals surface area contributed by atoms with Crippen LogP contribution >= 0.6 is 24.6 Å². The predicted molar refractivity (Wildman–Crippen MR) is 115 cm³/mol. The average Bonchev–Trinajstić information content (AvgIpc) is 2.67. The first-order valence-corrected chi connectivity index (χ1v) is 9.52. The minimum Gasteiger partial charge on any atom is -0.463 e. The summed E-state index contributed by atoms with van der Waals surface area (Å²) in [4.78, 5) is 2.54. The van der Waals surface area contributed by atoms with Crippen LogP contribution in [0.2, 0.25) is 0 Å². The number of thiocarbonyl (C=S) groups is 1. The molecule has 1 aliphatic heterocycles. The van der Waals surface area contributed by atoms with Crippen molar-refractivity contribution in [1.29, 1.82) is 0 Å². The molecular formula is C21H27ClN2OS. The number of nitrogens with one attached hydrogen (secondary N) is 1. The molecule has 0 aromatic heterocycles. The SMILES string of the molecule is Cl.S=C(Nc1ccccc1)OC(CCN1CCCCC1)c1ccccc1. The maximum Gasteiger partial charge on any atom is 0.261 e. The molecule has 3 nitrogen and oxygen atoms in total. The highest BCUT2D eigenvalue weighted by molar-refractivity contribution is 7.80. The number of halogens is 1. The number of nitrogens with zero attached hydrogens (tertiary/aromatic N) is 1. The normalized spacial score (nSPS) is 15.5. The molecule has 1 unspecified atom stereocenters. The third-order valence-electron chi connectivity index (χ3n) is 4.60. The van der Waals surface area contributed by atoms with Crippen LogP contribution in [0.15, 0.2) is 60.7 Å². The molecule has 26 heavy (non-hydrogen) atoms. The molecule has 1 fully saturated rings. The average molecular weight is 391 g/mol. The van der Waals surface area contributed by atoms with E-state index in [0.717, 1.165) is 18.7 Å². The van der Waals surface area contributed by atoms with Crippen LogP contribution in [0, 0.1) is 0 Å². The second-order valence-electron chi connectivity index (χ2n) is 6.49. The molecule has 1 atom stereocenters. The van der Waals surface area contributed by atoms with Crippen LogP contribution in [0.25, 0.3) is 0 Å². The Hall–Kier alpha value is -1.62. The predicted octanol–water partition coefficient (Wildman–Crippen LogP) is 5.44. The lowest BCUT2D eigenvalue weighted by Gasteiger charge is -2.28. The van der Waals surface area contributed by atoms with Gasteiger partial charge in [-0.3, -0.25) is 0 Å². The maximum atomic E-state index is 6.13. The smallest absolute Gasteiger partial charge is 0.261 e. The monoisotopic (exact) mass is 390 g/mol. The van der Waals surface area contributed by atoms with Gasteiger partial charge in [-0.15, -0.1) is 12.4 Å². The summed E-state index contributed by atoms with van der Waals surface area (Å²) < 4.78 is 6.13. The van der Waals surface area contributed by atoms with Gasteiger partial charge in [0, 0.05) is 18.7 Å². The number of hydrogen-bond donors (Lipinski definition) is 1. The zero-order valence-corrected chi connectivity index (χ0v) is 16.6. The number of para-hydroxylation sites is 1. The number of rotatable bonds is 6. The molecule has 1 saturated heterocycles. The summed E-state index contributed by atoms with van der Waals surface area (Å²) in [6.07, 6.45) is 4.91. The summed E-state index contributed by atoms with van der Waals surface area (Å²) in [5.74, 6) is 0. The van der Waals surface area contributed by atoms with Crippen molar-refractivity contribution in [3.05, 3.63) is 66.2 Å². The molecule has 0 amide bonds. The summed E-state index contributed by atoms with van der Waals surface area (Å²) in [6.45, 7) is 3.45. The fourth-order valence-corrected chi connectivity index (χ4v) is 3.48. The van der Waals surface area contributed by atoms with Crippen molar-refractivity contribution >= 4 is 35.5 Å². The van der Waals surface area contributed by atoms with Gasteiger partial charge in [-0.05, 0) is 55.8 Å². The molecular weight excluding hydrogens is 364 g/mol. The highest BCUT2D eigenvalue weighted by Crippen LogP contribution is 2.23. The molecule has 0 aliphatic carbocycles. The molecule has 5 heteroatoms. The lowest BCUT2D eigenvalue weighted by molar-refractivity contribution is 0.147. The molecule has 1 heterocycles. The first-order chi connectivity index (χ1) is 12.3. The Morgan fingerprint density at radius 2 is 1.58 bits per heavy atom. The van der Waals surface area contributed by atoms with Crippen molar-refractivity contribution in [1.82, 2.24) is 4.90 Å². The van der Waals surface area contributed by atoms with Gasteiger partial charge in [0.25, 0.3) is 5.17 Å². The van der Waals surface area contributed by atoms with Gasteiger partial charge < -0.3 is 15.0 Å². The largest absolute Gasteiger partial charge is 0.463 e. The standard InChI is InChI=1S/C21H26N2OS.ClH/c25-21(22-19-12-6-2-7-13-19)24-20(18-10-4-1-5-11-18)14-17-23-15-8-3-9-16-23;/h1-2,4-7,10-13,20H,3,8-9,14-17H2,(H,22,25);1H. The minimum atomic E-state index is -0.0214. The van der Waals surface area contributed by atoms with E-state index in [1.54, 1.807) is 0 Å². The Bertz CT molecular complexity index is 648. The van der Waals surface area contributed by atoms with Crippen molar-refractivity contribution in [2.24, 2.45) is 0 Å². The molecule has 140 valence electrons. The van der Waals surface area contributed by atoms with E-state index in [4.69, 9.17) is 17.0 Å². The summed E-state index contributed by atoms with van der Waals surface area (Å²) in [6, 6.07) is 20.3. The molecule has 0 radical (unpaired) electrons. The van der Waals surface area contributed by atoms with E-state index in [1.165, 1.54) is 37.9 Å². The Labute approximate surface area is 168 Å². The van der Waals surface area contributed by atoms with Gasteiger partial charge in [0.05, 0.1) is 0 Å². The van der Waals surface area contributed by atoms with E-state index in [9.17, 15) is 0 Å². The van der Waals surface area contributed by atoms with Crippen molar-refractivity contribution in [3.63, 3.8) is 0 Å². The van der Waals surface area contributed by atoms with Crippen LogP contribution in [0.3, 0.4) is 0 Å². The van der Waals surface area contributed by atoms with E-state index in [0.29, 0.717) is 5.17 Å². The minimum absolute atomic E-state index is 0. The third kappa shape index (κ3) is 6.60. The van der Waals surface area contributed by atoms with Gasteiger partial charge in [-0.2, -0.15) is 0 Å². The highest BCUT2D eigenvalue weighted by Gasteiger charge is 2.18. The number of anilines is 1. The maximum absolute atomic E-state index is 6.13. The number of benzene rings is 2. The van der Waals surface area contributed by atoms with Crippen LogP contribution in [-0.4, -0.2) is 29.7 Å². The van der Waals surface area contributed by atoms with Gasteiger partial charge in [0.1, 0.15) is 6.10 Å². The number of piperidine rings is 1. The molecule has 1 N–H and O–H groups in total. The van der Waals surface area contributed by atoms with Crippen LogP contribution < -0.4 is 5.32 Å². The first-order valence-electron chi connectivity index (χ1n) is 9.11. The molecule has 0 saturated carbocycles. The Kier molecular flexibility index (Phi) is 8.89. The van der Waals surface area contributed by atoms with Gasteiger partial charge in [-0.1, -0.05) is 55.0 Å². The van der Waals surface area contributed by atoms with Gasteiger partial charge >= 0.3 is 0 Å². The van der Waals surface area contributed by atoms with Crippen LogP contribution in [-0.2, 0) is 4.74 Å². The van der Waals surface area contributed by atoms with Crippen molar-refractivity contribution < 1.29 is 4.74 Å². The summed E-state index contributed by atoms with van der Waals surface area (Å²) >= 11 is 5.44. The fourth-order valence-electron chi connectivity index (χ4n) is 3.24. The summed E-state index contributed by atoms with van der Waals surface area (Å²) in [7, 11) is 0. The quantitative estimate of drug-likeness (QED) is 0.664. The van der Waals surface area contributed by atoms with Crippen LogP contribution in [0.5, 0.6) is 0 Å². The van der Waals surface area contributed by atoms with Gasteiger partial charge in [0.2, 0.25) is 0 Å². The summed E-state index contributed by atoms with van der Waals surface area (Å²) in [5, 5.41) is 3.61. The highest BCUT2D eigenvalue weighted by atomic mass is 35.5. The lowest BCUT2D eigenvalue weighted by Crippen LogP contribution is -2.32. The van der Waals surface area contributed by atoms with Crippen LogP contribution in [0.1, 0.15) is 37.4 Å². The molecule has 0 spiro atoms. The number of ether oxygens (including phenoxy) is 1. The van der Waals surface area contributed by atoms with E-state index >= 15 is 0 Å². The van der Waals surface area contributed by atoms with E-state index < -0.39 is 0 Å². The first kappa shape index (κ1) is 20.7. The lowest BCUT2D eigenvalue weighted by atomic mass is 10.1. The van der Waals surface area contributed by atoms with Crippen LogP contribution in [0.4, 0.5) is 5.69 Å². The van der Waals surface area contributed by atoms with Crippen molar-refractivity contribution in [2.45, 2.75) is 31.8 Å². The molecule has 2 aromatic carbocycles. The van der Waals surface area contributed by atoms with Crippen molar-refractivity contribution in [3.8, 4) is 0 Å². The number of likely N-dealkylation sites (tertiary alicyclic amines) is 1.